The lowest BCUT2D eigenvalue weighted by Gasteiger charge is -2.11. The minimum absolute atomic E-state index is 0.106. The van der Waals surface area contributed by atoms with Gasteiger partial charge in [0.2, 0.25) is 0 Å². The van der Waals surface area contributed by atoms with Crippen LogP contribution in [0.4, 0.5) is 18.9 Å². The topological polar surface area (TPSA) is 29.1 Å². The number of carbonyl (C=O) groups excluding carboxylic acids is 1. The minimum atomic E-state index is -4.44. The minimum Gasteiger partial charge on any atom is -0.322 e. The van der Waals surface area contributed by atoms with Gasteiger partial charge in [-0.05, 0) is 42.8 Å². The Kier molecular flexibility index (Phi) is 4.37. The van der Waals surface area contributed by atoms with Gasteiger partial charge in [0.15, 0.2) is 0 Å². The van der Waals surface area contributed by atoms with Gasteiger partial charge in [-0.3, -0.25) is 4.79 Å². The highest BCUT2D eigenvalue weighted by atomic mass is 79.9. The number of nitrogens with one attached hydrogen (secondary N) is 1. The Labute approximate surface area is 128 Å². The first-order valence-electron chi connectivity index (χ1n) is 6.02. The smallest absolute Gasteiger partial charge is 0.322 e. The number of halogens is 4. The molecule has 0 unspecified atom stereocenters. The Morgan fingerprint density at radius 3 is 2.52 bits per heavy atom. The highest BCUT2D eigenvalue weighted by Crippen LogP contribution is 2.30. The Bertz CT molecular complexity index is 683. The number of amides is 1. The Morgan fingerprint density at radius 1 is 1.14 bits per heavy atom. The van der Waals surface area contributed by atoms with Crippen LogP contribution in [0.2, 0.25) is 0 Å². The molecule has 6 heteroatoms. The average molecular weight is 358 g/mol. The van der Waals surface area contributed by atoms with E-state index in [1.54, 1.807) is 25.1 Å². The Hall–Kier alpha value is -1.82. The lowest BCUT2D eigenvalue weighted by atomic mass is 10.1. The van der Waals surface area contributed by atoms with Gasteiger partial charge >= 0.3 is 6.18 Å². The molecule has 0 aliphatic carbocycles. The fourth-order valence-corrected chi connectivity index (χ4v) is 2.17. The van der Waals surface area contributed by atoms with Crippen LogP contribution in [0.25, 0.3) is 0 Å². The molecule has 110 valence electrons. The molecule has 2 aromatic rings. The van der Waals surface area contributed by atoms with Crippen molar-refractivity contribution in [3.63, 3.8) is 0 Å². The molecule has 0 saturated carbocycles. The van der Waals surface area contributed by atoms with Crippen molar-refractivity contribution in [2.24, 2.45) is 0 Å². The molecule has 2 nitrogen and oxygen atoms in total. The summed E-state index contributed by atoms with van der Waals surface area (Å²) in [5.74, 6) is -0.451. The van der Waals surface area contributed by atoms with Crippen LogP contribution in [0.3, 0.4) is 0 Å². The highest BCUT2D eigenvalue weighted by molar-refractivity contribution is 9.10. The van der Waals surface area contributed by atoms with Crippen molar-refractivity contribution < 1.29 is 18.0 Å². The molecule has 1 N–H and O–H groups in total. The summed E-state index contributed by atoms with van der Waals surface area (Å²) in [7, 11) is 0. The summed E-state index contributed by atoms with van der Waals surface area (Å²) in [5.41, 5.74) is 0.449. The first-order chi connectivity index (χ1) is 9.77. The predicted octanol–water partition coefficient (Wildman–Crippen LogP) is 5.03. The molecule has 2 aromatic carbocycles. The molecule has 0 radical (unpaired) electrons. The van der Waals surface area contributed by atoms with Crippen molar-refractivity contribution in [3.05, 3.63) is 63.6 Å². The van der Waals surface area contributed by atoms with Gasteiger partial charge in [0.25, 0.3) is 5.91 Å². The quantitative estimate of drug-likeness (QED) is 0.802. The Morgan fingerprint density at radius 2 is 1.86 bits per heavy atom. The van der Waals surface area contributed by atoms with Crippen LogP contribution in [0, 0.1) is 6.92 Å². The van der Waals surface area contributed by atoms with Gasteiger partial charge in [-0.15, -0.1) is 0 Å². The molecular formula is C15H11BrF3NO. The van der Waals surface area contributed by atoms with Crippen molar-refractivity contribution in [2.45, 2.75) is 13.1 Å². The van der Waals surface area contributed by atoms with Crippen LogP contribution in [-0.2, 0) is 6.18 Å². The summed E-state index contributed by atoms with van der Waals surface area (Å²) < 4.78 is 38.6. The van der Waals surface area contributed by atoms with Crippen molar-refractivity contribution in [2.75, 3.05) is 5.32 Å². The van der Waals surface area contributed by atoms with Gasteiger partial charge in [0.05, 0.1) is 5.56 Å². The van der Waals surface area contributed by atoms with Crippen molar-refractivity contribution in [3.8, 4) is 0 Å². The summed E-state index contributed by atoms with van der Waals surface area (Å²) in [6, 6.07) is 9.71. The second-order valence-corrected chi connectivity index (χ2v) is 5.41. The van der Waals surface area contributed by atoms with Gasteiger partial charge < -0.3 is 5.32 Å². The van der Waals surface area contributed by atoms with Crippen LogP contribution in [0.1, 0.15) is 21.5 Å². The van der Waals surface area contributed by atoms with Gasteiger partial charge in [-0.25, -0.2) is 0 Å². The number of hydrogen-bond donors (Lipinski definition) is 1. The molecule has 21 heavy (non-hydrogen) atoms. The van der Waals surface area contributed by atoms with Crippen molar-refractivity contribution in [1.82, 2.24) is 0 Å². The predicted molar refractivity (Wildman–Crippen MR) is 78.3 cm³/mol. The van der Waals surface area contributed by atoms with E-state index in [2.05, 4.69) is 21.2 Å². The molecule has 0 aliphatic rings. The van der Waals surface area contributed by atoms with E-state index in [9.17, 15) is 18.0 Å². The second kappa shape index (κ2) is 5.89. The summed E-state index contributed by atoms with van der Waals surface area (Å²) in [4.78, 5) is 12.1. The van der Waals surface area contributed by atoms with Gasteiger partial charge in [0, 0.05) is 15.7 Å². The van der Waals surface area contributed by atoms with Crippen LogP contribution in [0.15, 0.2) is 46.9 Å². The van der Waals surface area contributed by atoms with Crippen LogP contribution < -0.4 is 5.32 Å². The zero-order valence-corrected chi connectivity index (χ0v) is 12.5. The first kappa shape index (κ1) is 15.6. The standard InChI is InChI=1S/C15H11BrF3NO/c1-9-5-6-11(16)8-13(9)14(21)20-12-4-2-3-10(7-12)15(17,18)19/h2-8H,1H3,(H,20,21). The molecule has 0 spiro atoms. The number of hydrogen-bond acceptors (Lipinski definition) is 1. The monoisotopic (exact) mass is 357 g/mol. The van der Waals surface area contributed by atoms with Crippen molar-refractivity contribution >= 4 is 27.5 Å². The van der Waals surface area contributed by atoms with E-state index in [1.165, 1.54) is 12.1 Å². The maximum absolute atomic E-state index is 12.6. The van der Waals surface area contributed by atoms with E-state index >= 15 is 0 Å². The third kappa shape index (κ3) is 3.85. The molecular weight excluding hydrogens is 347 g/mol. The third-order valence-electron chi connectivity index (χ3n) is 2.89. The first-order valence-corrected chi connectivity index (χ1v) is 6.81. The fourth-order valence-electron chi connectivity index (χ4n) is 1.81. The number of carbonyl (C=O) groups is 1. The third-order valence-corrected chi connectivity index (χ3v) is 3.39. The lowest BCUT2D eigenvalue weighted by Crippen LogP contribution is -2.14. The van der Waals surface area contributed by atoms with E-state index in [-0.39, 0.29) is 5.69 Å². The molecule has 0 aromatic heterocycles. The van der Waals surface area contributed by atoms with E-state index in [1.807, 2.05) is 0 Å². The number of benzene rings is 2. The number of aryl methyl sites for hydroxylation is 1. The van der Waals surface area contributed by atoms with E-state index in [0.29, 0.717) is 5.56 Å². The second-order valence-electron chi connectivity index (χ2n) is 4.49. The lowest BCUT2D eigenvalue weighted by molar-refractivity contribution is -0.137. The molecule has 0 aliphatic heterocycles. The van der Waals surface area contributed by atoms with E-state index < -0.39 is 17.6 Å². The summed E-state index contributed by atoms with van der Waals surface area (Å²) in [6.45, 7) is 1.76. The molecule has 0 heterocycles. The largest absolute Gasteiger partial charge is 0.416 e. The van der Waals surface area contributed by atoms with Gasteiger partial charge in [0.1, 0.15) is 0 Å². The molecule has 0 fully saturated rings. The van der Waals surface area contributed by atoms with E-state index in [4.69, 9.17) is 0 Å². The normalized spacial score (nSPS) is 11.3. The fraction of sp³-hybridized carbons (Fsp3) is 0.133. The van der Waals surface area contributed by atoms with Crippen molar-refractivity contribution in [1.29, 1.82) is 0 Å². The maximum Gasteiger partial charge on any atom is 0.416 e. The van der Waals surface area contributed by atoms with Crippen LogP contribution >= 0.6 is 15.9 Å². The SMILES string of the molecule is Cc1ccc(Br)cc1C(=O)Nc1cccc(C(F)(F)F)c1. The average Bonchev–Trinajstić information content (AvgIpc) is 2.41. The molecule has 2 rings (SSSR count). The molecule has 0 bridgehead atoms. The number of anilines is 1. The van der Waals surface area contributed by atoms with Crippen LogP contribution in [-0.4, -0.2) is 5.91 Å². The summed E-state index contributed by atoms with van der Waals surface area (Å²) in [5, 5.41) is 2.48. The maximum atomic E-state index is 12.6. The summed E-state index contributed by atoms with van der Waals surface area (Å²) in [6.07, 6.45) is -4.44. The molecule has 1 amide bonds. The molecule has 0 atom stereocenters. The van der Waals surface area contributed by atoms with Gasteiger partial charge in [-0.1, -0.05) is 28.1 Å². The Balaban J connectivity index is 2.26. The van der Waals surface area contributed by atoms with Gasteiger partial charge in [-0.2, -0.15) is 13.2 Å². The zero-order valence-electron chi connectivity index (χ0n) is 11.0. The number of rotatable bonds is 2. The highest BCUT2D eigenvalue weighted by Gasteiger charge is 2.30. The summed E-state index contributed by atoms with van der Waals surface area (Å²) >= 11 is 3.26. The molecule has 0 saturated heterocycles. The number of alkyl halides is 3. The van der Waals surface area contributed by atoms with Crippen LogP contribution in [0.5, 0.6) is 0 Å². The van der Waals surface area contributed by atoms with E-state index in [0.717, 1.165) is 22.2 Å². The zero-order chi connectivity index (χ0) is 15.6.